The molecule has 3 rings (SSSR count). The Morgan fingerprint density at radius 2 is 1.56 bits per heavy atom. The van der Waals surface area contributed by atoms with Gasteiger partial charge in [-0.3, -0.25) is 4.79 Å². The number of carbonyl (C=O) groups excluding carboxylic acids is 1. The quantitative estimate of drug-likeness (QED) is 0.817. The Morgan fingerprint density at radius 1 is 1.00 bits per heavy atom. The lowest BCUT2D eigenvalue weighted by atomic mass is 9.91. The van der Waals surface area contributed by atoms with Crippen molar-refractivity contribution < 1.29 is 9.90 Å². The van der Waals surface area contributed by atoms with Gasteiger partial charge < -0.3 is 10.0 Å². The molecule has 3 aliphatic rings. The molecule has 3 heteroatoms. The van der Waals surface area contributed by atoms with Crippen LogP contribution in [0.1, 0.15) is 51.4 Å². The fourth-order valence-corrected chi connectivity index (χ4v) is 4.30. The standard InChI is InChI=1S/C15H25NO2/c1-16(12-8-4-5-9-13(12)17)15(18)14-10-6-2-3-7-11(10)14/h10-14,17H,2-9H2,1H3. The number of fused-ring (bicyclic) bond motifs is 1. The number of rotatable bonds is 2. The lowest BCUT2D eigenvalue weighted by Crippen LogP contribution is -2.47. The van der Waals surface area contributed by atoms with E-state index in [1.165, 1.54) is 25.7 Å². The number of likely N-dealkylation sites (N-methyl/N-ethyl adjacent to an activating group) is 1. The molecular formula is C15H25NO2. The Kier molecular flexibility index (Phi) is 3.35. The summed E-state index contributed by atoms with van der Waals surface area (Å²) in [4.78, 5) is 14.4. The van der Waals surface area contributed by atoms with E-state index in [-0.39, 0.29) is 12.1 Å². The Morgan fingerprint density at radius 3 is 2.17 bits per heavy atom. The zero-order valence-corrected chi connectivity index (χ0v) is 11.3. The molecular weight excluding hydrogens is 226 g/mol. The van der Waals surface area contributed by atoms with Crippen molar-refractivity contribution in [3.05, 3.63) is 0 Å². The zero-order chi connectivity index (χ0) is 12.7. The first kappa shape index (κ1) is 12.5. The molecule has 0 saturated heterocycles. The molecule has 4 unspecified atom stereocenters. The fourth-order valence-electron chi connectivity index (χ4n) is 4.30. The average molecular weight is 251 g/mol. The van der Waals surface area contributed by atoms with Gasteiger partial charge >= 0.3 is 0 Å². The normalized spacial score (nSPS) is 43.1. The summed E-state index contributed by atoms with van der Waals surface area (Å²) in [6, 6.07) is 0.0777. The van der Waals surface area contributed by atoms with E-state index in [9.17, 15) is 9.90 Å². The minimum atomic E-state index is -0.298. The van der Waals surface area contributed by atoms with Gasteiger partial charge in [-0.05, 0) is 37.5 Å². The topological polar surface area (TPSA) is 40.5 Å². The summed E-state index contributed by atoms with van der Waals surface area (Å²) in [5.74, 6) is 1.97. The molecule has 0 aliphatic heterocycles. The van der Waals surface area contributed by atoms with Gasteiger partial charge in [0.05, 0.1) is 12.1 Å². The van der Waals surface area contributed by atoms with Crippen molar-refractivity contribution in [1.82, 2.24) is 4.90 Å². The molecule has 0 spiro atoms. The van der Waals surface area contributed by atoms with E-state index in [2.05, 4.69) is 0 Å². The van der Waals surface area contributed by atoms with Crippen molar-refractivity contribution in [1.29, 1.82) is 0 Å². The first-order chi connectivity index (χ1) is 8.70. The molecule has 4 atom stereocenters. The summed E-state index contributed by atoms with van der Waals surface area (Å²) in [7, 11) is 1.91. The third-order valence-corrected chi connectivity index (χ3v) is 5.48. The van der Waals surface area contributed by atoms with Crippen LogP contribution in [-0.4, -0.2) is 35.1 Å². The Balaban J connectivity index is 1.62. The van der Waals surface area contributed by atoms with Crippen molar-refractivity contribution in [3.63, 3.8) is 0 Å². The maximum atomic E-state index is 12.5. The second-order valence-corrected chi connectivity index (χ2v) is 6.51. The number of nitrogens with zero attached hydrogens (tertiary/aromatic N) is 1. The maximum Gasteiger partial charge on any atom is 0.226 e. The SMILES string of the molecule is CN(C(=O)C1C2CCCCC21)C1CCCCC1O. The smallest absolute Gasteiger partial charge is 0.226 e. The second-order valence-electron chi connectivity index (χ2n) is 6.51. The summed E-state index contributed by atoms with van der Waals surface area (Å²) in [5.41, 5.74) is 0. The van der Waals surface area contributed by atoms with Crippen LogP contribution < -0.4 is 0 Å². The van der Waals surface area contributed by atoms with Crippen molar-refractivity contribution in [2.24, 2.45) is 17.8 Å². The van der Waals surface area contributed by atoms with Gasteiger partial charge in [-0.25, -0.2) is 0 Å². The third-order valence-electron chi connectivity index (χ3n) is 5.48. The predicted molar refractivity (Wildman–Crippen MR) is 70.0 cm³/mol. The van der Waals surface area contributed by atoms with Crippen LogP contribution >= 0.6 is 0 Å². The van der Waals surface area contributed by atoms with Gasteiger partial charge in [-0.15, -0.1) is 0 Å². The van der Waals surface area contributed by atoms with Gasteiger partial charge in [0.15, 0.2) is 0 Å². The van der Waals surface area contributed by atoms with E-state index in [1.807, 2.05) is 11.9 Å². The molecule has 0 heterocycles. The largest absolute Gasteiger partial charge is 0.391 e. The molecule has 0 bridgehead atoms. The van der Waals surface area contributed by atoms with Crippen LogP contribution in [0.25, 0.3) is 0 Å². The van der Waals surface area contributed by atoms with Crippen molar-refractivity contribution in [2.75, 3.05) is 7.05 Å². The van der Waals surface area contributed by atoms with Crippen molar-refractivity contribution >= 4 is 5.91 Å². The van der Waals surface area contributed by atoms with Gasteiger partial charge in [0.2, 0.25) is 5.91 Å². The van der Waals surface area contributed by atoms with E-state index in [0.29, 0.717) is 23.7 Å². The van der Waals surface area contributed by atoms with Gasteiger partial charge in [-0.1, -0.05) is 25.7 Å². The molecule has 18 heavy (non-hydrogen) atoms. The van der Waals surface area contributed by atoms with E-state index in [1.54, 1.807) is 0 Å². The molecule has 1 amide bonds. The number of aliphatic hydroxyl groups excluding tert-OH is 1. The number of hydrogen-bond donors (Lipinski definition) is 1. The number of carbonyl (C=O) groups is 1. The molecule has 3 nitrogen and oxygen atoms in total. The molecule has 3 aliphatic carbocycles. The molecule has 3 saturated carbocycles. The highest BCUT2D eigenvalue weighted by Crippen LogP contribution is 2.56. The molecule has 0 radical (unpaired) electrons. The maximum absolute atomic E-state index is 12.5. The van der Waals surface area contributed by atoms with Crippen LogP contribution in [0.5, 0.6) is 0 Å². The van der Waals surface area contributed by atoms with E-state index in [0.717, 1.165) is 25.7 Å². The fraction of sp³-hybridized carbons (Fsp3) is 0.933. The van der Waals surface area contributed by atoms with Gasteiger partial charge in [-0.2, -0.15) is 0 Å². The molecule has 3 fully saturated rings. The Hall–Kier alpha value is -0.570. The third kappa shape index (κ3) is 2.07. The van der Waals surface area contributed by atoms with Crippen molar-refractivity contribution in [2.45, 2.75) is 63.5 Å². The van der Waals surface area contributed by atoms with E-state index in [4.69, 9.17) is 0 Å². The van der Waals surface area contributed by atoms with E-state index >= 15 is 0 Å². The predicted octanol–water partition coefficient (Wildman–Crippen LogP) is 2.18. The molecule has 0 aromatic rings. The van der Waals surface area contributed by atoms with Gasteiger partial charge in [0.25, 0.3) is 0 Å². The second kappa shape index (κ2) is 4.84. The number of aliphatic hydroxyl groups is 1. The lowest BCUT2D eigenvalue weighted by Gasteiger charge is -2.35. The highest BCUT2D eigenvalue weighted by Gasteiger charge is 2.56. The van der Waals surface area contributed by atoms with E-state index < -0.39 is 0 Å². The molecule has 1 N–H and O–H groups in total. The van der Waals surface area contributed by atoms with Crippen LogP contribution in [0.15, 0.2) is 0 Å². The number of hydrogen-bond acceptors (Lipinski definition) is 2. The minimum Gasteiger partial charge on any atom is -0.391 e. The summed E-state index contributed by atoms with van der Waals surface area (Å²) in [5, 5.41) is 10.1. The zero-order valence-electron chi connectivity index (χ0n) is 11.3. The average Bonchev–Trinajstić information content (AvgIpc) is 3.12. The summed E-state index contributed by atoms with van der Waals surface area (Å²) >= 11 is 0. The highest BCUT2D eigenvalue weighted by atomic mass is 16.3. The first-order valence-electron chi connectivity index (χ1n) is 7.65. The monoisotopic (exact) mass is 251 g/mol. The van der Waals surface area contributed by atoms with Crippen LogP contribution in [0.2, 0.25) is 0 Å². The number of amides is 1. The summed E-state index contributed by atoms with van der Waals surface area (Å²) in [6.07, 6.45) is 8.91. The Bertz CT molecular complexity index is 318. The first-order valence-corrected chi connectivity index (χ1v) is 7.65. The minimum absolute atomic E-state index is 0.0777. The molecule has 0 aromatic carbocycles. The molecule has 102 valence electrons. The van der Waals surface area contributed by atoms with Crippen LogP contribution in [0.4, 0.5) is 0 Å². The summed E-state index contributed by atoms with van der Waals surface area (Å²) < 4.78 is 0. The highest BCUT2D eigenvalue weighted by molar-refractivity contribution is 5.82. The lowest BCUT2D eigenvalue weighted by molar-refractivity contribution is -0.137. The Labute approximate surface area is 110 Å². The molecule has 0 aromatic heterocycles. The van der Waals surface area contributed by atoms with Gasteiger partial charge in [0, 0.05) is 13.0 Å². The van der Waals surface area contributed by atoms with Crippen LogP contribution in [-0.2, 0) is 4.79 Å². The van der Waals surface area contributed by atoms with Crippen LogP contribution in [0.3, 0.4) is 0 Å². The van der Waals surface area contributed by atoms with Gasteiger partial charge in [0.1, 0.15) is 0 Å². The van der Waals surface area contributed by atoms with Crippen LogP contribution in [0, 0.1) is 17.8 Å². The van der Waals surface area contributed by atoms with Crippen molar-refractivity contribution in [3.8, 4) is 0 Å². The summed E-state index contributed by atoms with van der Waals surface area (Å²) in [6.45, 7) is 0.